The van der Waals surface area contributed by atoms with Crippen LogP contribution in [0.15, 0.2) is 24.5 Å². The van der Waals surface area contributed by atoms with Gasteiger partial charge in [-0.05, 0) is 39.0 Å². The van der Waals surface area contributed by atoms with E-state index in [4.69, 9.17) is 0 Å². The quantitative estimate of drug-likeness (QED) is 0.817. The van der Waals surface area contributed by atoms with E-state index in [2.05, 4.69) is 10.3 Å². The van der Waals surface area contributed by atoms with Crippen LogP contribution in [0.1, 0.15) is 31.1 Å². The van der Waals surface area contributed by atoms with Gasteiger partial charge in [-0.1, -0.05) is 0 Å². The third kappa shape index (κ3) is 2.46. The summed E-state index contributed by atoms with van der Waals surface area (Å²) in [5.74, 6) is -0.0648. The highest BCUT2D eigenvalue weighted by Crippen LogP contribution is 2.14. The summed E-state index contributed by atoms with van der Waals surface area (Å²) in [5, 5.41) is 2.93. The van der Waals surface area contributed by atoms with Crippen molar-refractivity contribution in [2.24, 2.45) is 7.05 Å². The van der Waals surface area contributed by atoms with Crippen LogP contribution in [0.5, 0.6) is 0 Å². The minimum Gasteiger partial charge on any atom is -0.347 e. The molecule has 0 aliphatic rings. The number of carbonyl (C=O) groups is 1. The van der Waals surface area contributed by atoms with Crippen LogP contribution in [0.3, 0.4) is 0 Å². The number of hydrogen-bond acceptors (Lipinski definition) is 2. The molecule has 0 atom stereocenters. The summed E-state index contributed by atoms with van der Waals surface area (Å²) in [6.07, 6.45) is 1.75. The molecule has 0 radical (unpaired) electrons. The first-order valence-corrected chi connectivity index (χ1v) is 5.60. The van der Waals surface area contributed by atoms with E-state index in [1.54, 1.807) is 6.33 Å². The molecule has 0 saturated heterocycles. The molecule has 0 fully saturated rings. The molecule has 2 rings (SSSR count). The van der Waals surface area contributed by atoms with E-state index in [1.165, 1.54) is 0 Å². The minimum atomic E-state index is -0.226. The molecular weight excluding hydrogens is 214 g/mol. The van der Waals surface area contributed by atoms with Crippen molar-refractivity contribution < 1.29 is 4.79 Å². The summed E-state index contributed by atoms with van der Waals surface area (Å²) in [4.78, 5) is 16.2. The van der Waals surface area contributed by atoms with Crippen LogP contribution < -0.4 is 5.32 Å². The average molecular weight is 231 g/mol. The van der Waals surface area contributed by atoms with Crippen molar-refractivity contribution in [3.8, 4) is 0 Å². The zero-order chi connectivity index (χ0) is 12.6. The number of aryl methyl sites for hydroxylation is 1. The molecule has 90 valence electrons. The number of benzene rings is 1. The van der Waals surface area contributed by atoms with Crippen molar-refractivity contribution in [3.05, 3.63) is 30.1 Å². The van der Waals surface area contributed by atoms with Crippen LogP contribution in [0, 0.1) is 0 Å². The lowest BCUT2D eigenvalue weighted by Crippen LogP contribution is -2.40. The molecular formula is C13H17N3O. The van der Waals surface area contributed by atoms with Crippen LogP contribution in [0.25, 0.3) is 11.0 Å². The third-order valence-electron chi connectivity index (χ3n) is 2.48. The fourth-order valence-electron chi connectivity index (χ4n) is 1.69. The Morgan fingerprint density at radius 1 is 1.35 bits per heavy atom. The number of amides is 1. The highest BCUT2D eigenvalue weighted by Gasteiger charge is 2.15. The first kappa shape index (κ1) is 11.6. The van der Waals surface area contributed by atoms with Crippen molar-refractivity contribution >= 4 is 16.9 Å². The van der Waals surface area contributed by atoms with E-state index >= 15 is 0 Å². The van der Waals surface area contributed by atoms with Crippen LogP contribution in [0.2, 0.25) is 0 Å². The molecule has 1 N–H and O–H groups in total. The molecule has 1 heterocycles. The second kappa shape index (κ2) is 3.87. The molecule has 2 aromatic rings. The second-order valence-electron chi connectivity index (χ2n) is 5.26. The van der Waals surface area contributed by atoms with Gasteiger partial charge < -0.3 is 9.88 Å². The highest BCUT2D eigenvalue weighted by atomic mass is 16.1. The van der Waals surface area contributed by atoms with Gasteiger partial charge in [-0.3, -0.25) is 4.79 Å². The second-order valence-corrected chi connectivity index (χ2v) is 5.26. The highest BCUT2D eigenvalue weighted by molar-refractivity contribution is 5.97. The normalized spacial score (nSPS) is 11.8. The maximum Gasteiger partial charge on any atom is 0.251 e. The number of fused-ring (bicyclic) bond motifs is 1. The molecule has 17 heavy (non-hydrogen) atoms. The van der Waals surface area contributed by atoms with E-state index in [1.807, 2.05) is 50.6 Å². The average Bonchev–Trinajstić information content (AvgIpc) is 2.57. The minimum absolute atomic E-state index is 0.0648. The summed E-state index contributed by atoms with van der Waals surface area (Å²) < 4.78 is 1.93. The predicted octanol–water partition coefficient (Wildman–Crippen LogP) is 2.10. The molecule has 0 aliphatic heterocycles. The molecule has 0 spiro atoms. The van der Waals surface area contributed by atoms with Gasteiger partial charge in [0.2, 0.25) is 0 Å². The molecule has 1 amide bonds. The maximum atomic E-state index is 12.0. The lowest BCUT2D eigenvalue weighted by Gasteiger charge is -2.20. The van der Waals surface area contributed by atoms with E-state index in [0.29, 0.717) is 5.56 Å². The topological polar surface area (TPSA) is 46.9 Å². The third-order valence-corrected chi connectivity index (χ3v) is 2.48. The molecule has 4 heteroatoms. The van der Waals surface area contributed by atoms with Crippen molar-refractivity contribution in [2.75, 3.05) is 0 Å². The number of hydrogen-bond donors (Lipinski definition) is 1. The van der Waals surface area contributed by atoms with Gasteiger partial charge in [-0.2, -0.15) is 0 Å². The monoisotopic (exact) mass is 231 g/mol. The number of nitrogens with one attached hydrogen (secondary N) is 1. The number of aromatic nitrogens is 2. The first-order chi connectivity index (χ1) is 7.87. The lowest BCUT2D eigenvalue weighted by atomic mass is 10.1. The Morgan fingerprint density at radius 3 is 2.71 bits per heavy atom. The van der Waals surface area contributed by atoms with Crippen molar-refractivity contribution in [3.63, 3.8) is 0 Å². The zero-order valence-corrected chi connectivity index (χ0v) is 10.6. The molecule has 4 nitrogen and oxygen atoms in total. The Bertz CT molecular complexity index is 564. The van der Waals surface area contributed by atoms with Gasteiger partial charge in [0.15, 0.2) is 0 Å². The van der Waals surface area contributed by atoms with Gasteiger partial charge in [0.05, 0.1) is 17.4 Å². The molecule has 0 unspecified atom stereocenters. The molecule has 0 bridgehead atoms. The standard InChI is InChI=1S/C13H17N3O/c1-13(2,3)15-12(17)9-5-6-11-10(7-9)14-8-16(11)4/h5-8H,1-4H3,(H,15,17). The van der Waals surface area contributed by atoms with Gasteiger partial charge in [-0.15, -0.1) is 0 Å². The number of rotatable bonds is 1. The molecule has 1 aromatic carbocycles. The van der Waals surface area contributed by atoms with Gasteiger partial charge in [0.25, 0.3) is 5.91 Å². The van der Waals surface area contributed by atoms with Crippen molar-refractivity contribution in [2.45, 2.75) is 26.3 Å². The van der Waals surface area contributed by atoms with Gasteiger partial charge >= 0.3 is 0 Å². The van der Waals surface area contributed by atoms with Gasteiger partial charge in [-0.25, -0.2) is 4.98 Å². The zero-order valence-electron chi connectivity index (χ0n) is 10.6. The lowest BCUT2D eigenvalue weighted by molar-refractivity contribution is 0.0919. The fraction of sp³-hybridized carbons (Fsp3) is 0.385. The van der Waals surface area contributed by atoms with Gasteiger partial charge in [0, 0.05) is 18.2 Å². The van der Waals surface area contributed by atoms with Crippen LogP contribution in [0.4, 0.5) is 0 Å². The summed E-state index contributed by atoms with van der Waals surface area (Å²) in [6, 6.07) is 5.56. The maximum absolute atomic E-state index is 12.0. The van der Waals surface area contributed by atoms with E-state index < -0.39 is 0 Å². The predicted molar refractivity (Wildman–Crippen MR) is 67.9 cm³/mol. The number of imidazole rings is 1. The number of carbonyl (C=O) groups excluding carboxylic acids is 1. The Balaban J connectivity index is 2.33. The van der Waals surface area contributed by atoms with Crippen molar-refractivity contribution in [1.82, 2.24) is 14.9 Å². The summed E-state index contributed by atoms with van der Waals surface area (Å²) in [7, 11) is 1.93. The summed E-state index contributed by atoms with van der Waals surface area (Å²) >= 11 is 0. The summed E-state index contributed by atoms with van der Waals surface area (Å²) in [5.41, 5.74) is 2.29. The Labute approximate surface area is 101 Å². The van der Waals surface area contributed by atoms with E-state index in [0.717, 1.165) is 11.0 Å². The van der Waals surface area contributed by atoms with Crippen LogP contribution >= 0.6 is 0 Å². The molecule has 0 saturated carbocycles. The van der Waals surface area contributed by atoms with E-state index in [9.17, 15) is 4.79 Å². The fourth-order valence-corrected chi connectivity index (χ4v) is 1.69. The first-order valence-electron chi connectivity index (χ1n) is 5.60. The van der Waals surface area contributed by atoms with Crippen molar-refractivity contribution in [1.29, 1.82) is 0 Å². The Hall–Kier alpha value is -1.84. The smallest absolute Gasteiger partial charge is 0.251 e. The van der Waals surface area contributed by atoms with Crippen LogP contribution in [-0.4, -0.2) is 21.0 Å². The van der Waals surface area contributed by atoms with Gasteiger partial charge in [0.1, 0.15) is 0 Å². The Morgan fingerprint density at radius 2 is 2.06 bits per heavy atom. The Kier molecular flexibility index (Phi) is 2.65. The molecule has 1 aromatic heterocycles. The molecule has 0 aliphatic carbocycles. The largest absolute Gasteiger partial charge is 0.347 e. The number of nitrogens with zero attached hydrogens (tertiary/aromatic N) is 2. The van der Waals surface area contributed by atoms with Crippen LogP contribution in [-0.2, 0) is 7.05 Å². The summed E-state index contributed by atoms with van der Waals surface area (Å²) in [6.45, 7) is 5.89. The SMILES string of the molecule is Cn1cnc2cc(C(=O)NC(C)(C)C)ccc21. The van der Waals surface area contributed by atoms with E-state index in [-0.39, 0.29) is 11.4 Å².